The van der Waals surface area contributed by atoms with Crippen molar-refractivity contribution in [1.82, 2.24) is 10.3 Å². The Labute approximate surface area is 192 Å². The first-order valence-electron chi connectivity index (χ1n) is 10.1. The molecule has 0 bridgehead atoms. The van der Waals surface area contributed by atoms with Gasteiger partial charge >= 0.3 is 5.97 Å². The molecule has 3 rings (SSSR count). The van der Waals surface area contributed by atoms with Crippen LogP contribution >= 0.6 is 12.2 Å². The van der Waals surface area contributed by atoms with E-state index in [9.17, 15) is 9.59 Å². The van der Waals surface area contributed by atoms with E-state index in [1.807, 2.05) is 49.4 Å². The molecule has 0 spiro atoms. The third-order valence-corrected chi connectivity index (χ3v) is 5.18. The van der Waals surface area contributed by atoms with Crippen LogP contribution < -0.4 is 5.32 Å². The number of aromatic nitrogens is 1. The lowest BCUT2D eigenvalue weighted by Crippen LogP contribution is -2.25. The molecule has 0 aliphatic heterocycles. The fourth-order valence-corrected chi connectivity index (χ4v) is 3.32. The number of amides is 1. The summed E-state index contributed by atoms with van der Waals surface area (Å²) in [6, 6.07) is 20.3. The van der Waals surface area contributed by atoms with Crippen LogP contribution in [0, 0.1) is 0 Å². The average Bonchev–Trinajstić information content (AvgIpc) is 2.84. The van der Waals surface area contributed by atoms with E-state index in [-0.39, 0.29) is 17.5 Å². The lowest BCUT2D eigenvalue weighted by Gasteiger charge is -2.13. The normalized spacial score (nSPS) is 11.2. The van der Waals surface area contributed by atoms with Gasteiger partial charge in [0.25, 0.3) is 5.91 Å². The number of carbonyl (C=O) groups excluding carboxylic acids is 2. The van der Waals surface area contributed by atoms with Crippen molar-refractivity contribution in [2.24, 2.45) is 4.99 Å². The second-order valence-corrected chi connectivity index (χ2v) is 7.34. The Hall–Kier alpha value is -3.67. The first-order valence-corrected chi connectivity index (χ1v) is 10.5. The number of nitrogens with one attached hydrogen (secondary N) is 1. The quantitative estimate of drug-likeness (QED) is 0.308. The number of rotatable bonds is 8. The molecule has 6 nitrogen and oxygen atoms in total. The number of pyridine rings is 1. The van der Waals surface area contributed by atoms with Crippen molar-refractivity contribution >= 4 is 34.9 Å². The molecule has 1 N–H and O–H groups in total. The number of thiocarbonyl (C=S) groups is 1. The molecule has 1 unspecified atom stereocenters. The molecular formula is C25H23N3O3S. The maximum atomic E-state index is 12.5. The Bertz CT molecular complexity index is 1140. The Balaban J connectivity index is 1.58. The van der Waals surface area contributed by atoms with Gasteiger partial charge in [-0.2, -0.15) is 4.99 Å². The Morgan fingerprint density at radius 2 is 1.81 bits per heavy atom. The number of benzene rings is 2. The van der Waals surface area contributed by atoms with Crippen LogP contribution in [0.1, 0.15) is 50.5 Å². The zero-order valence-electron chi connectivity index (χ0n) is 17.9. The smallest absolute Gasteiger partial charge is 0.356 e. The second kappa shape index (κ2) is 11.1. The summed E-state index contributed by atoms with van der Waals surface area (Å²) in [7, 11) is 1.33. The maximum absolute atomic E-state index is 12.5. The summed E-state index contributed by atoms with van der Waals surface area (Å²) >= 11 is 4.59. The molecule has 7 heteroatoms. The van der Waals surface area contributed by atoms with Gasteiger partial charge in [0.15, 0.2) is 0 Å². The first-order chi connectivity index (χ1) is 15.5. The van der Waals surface area contributed by atoms with E-state index in [1.54, 1.807) is 24.3 Å². The van der Waals surface area contributed by atoms with Crippen molar-refractivity contribution in [1.29, 1.82) is 0 Å². The Kier molecular flexibility index (Phi) is 7.97. The number of nitrogens with zero attached hydrogens (tertiary/aromatic N) is 2. The average molecular weight is 446 g/mol. The maximum Gasteiger partial charge on any atom is 0.356 e. The van der Waals surface area contributed by atoms with Crippen LogP contribution in [-0.4, -0.2) is 35.7 Å². The number of aliphatic imine (C=N–C) groups is 1. The van der Waals surface area contributed by atoms with Crippen LogP contribution in [-0.2, 0) is 11.2 Å². The molecule has 1 heterocycles. The van der Waals surface area contributed by atoms with Crippen LogP contribution in [0.25, 0.3) is 0 Å². The summed E-state index contributed by atoms with van der Waals surface area (Å²) in [6.45, 7) is 2.53. The van der Waals surface area contributed by atoms with E-state index >= 15 is 0 Å². The van der Waals surface area contributed by atoms with Crippen molar-refractivity contribution in [2.45, 2.75) is 19.3 Å². The lowest BCUT2D eigenvalue weighted by molar-refractivity contribution is 0.0593. The zero-order chi connectivity index (χ0) is 22.9. The molecule has 0 saturated carbocycles. The van der Waals surface area contributed by atoms with Gasteiger partial charge in [-0.15, -0.1) is 0 Å². The molecule has 3 aromatic rings. The number of isothiocyanates is 1. The molecule has 0 fully saturated rings. The number of hydrogen-bond donors (Lipinski definition) is 1. The first kappa shape index (κ1) is 23.0. The molecule has 0 saturated heterocycles. The fourth-order valence-electron chi connectivity index (χ4n) is 3.22. The number of esters is 1. The third kappa shape index (κ3) is 5.94. The van der Waals surface area contributed by atoms with E-state index in [4.69, 9.17) is 4.74 Å². The summed E-state index contributed by atoms with van der Waals surface area (Å²) in [4.78, 5) is 32.5. The summed E-state index contributed by atoms with van der Waals surface area (Å²) in [5.41, 5.74) is 4.47. The van der Waals surface area contributed by atoms with Gasteiger partial charge in [-0.1, -0.05) is 37.3 Å². The minimum absolute atomic E-state index is 0.0395. The van der Waals surface area contributed by atoms with Crippen molar-refractivity contribution in [3.8, 4) is 0 Å². The van der Waals surface area contributed by atoms with Gasteiger partial charge in [-0.3, -0.25) is 4.79 Å². The minimum Gasteiger partial charge on any atom is -0.464 e. The summed E-state index contributed by atoms with van der Waals surface area (Å²) < 4.78 is 4.74. The predicted octanol–water partition coefficient (Wildman–Crippen LogP) is 4.73. The van der Waals surface area contributed by atoms with E-state index < -0.39 is 5.97 Å². The molecule has 162 valence electrons. The molecule has 2 aromatic carbocycles. The van der Waals surface area contributed by atoms with Gasteiger partial charge in [0.2, 0.25) is 0 Å². The standard InChI is InChI=1S/C25H23N3O3S/c1-17(22-4-3-5-23(28-22)25(30)31-2)19-8-10-20(11-9-19)24(29)26-15-14-18-6-12-21(13-7-18)27-16-32/h3-13,17H,14-15H2,1-2H3,(H,26,29). The Morgan fingerprint density at radius 1 is 1.09 bits per heavy atom. The van der Waals surface area contributed by atoms with Crippen LogP contribution in [0.2, 0.25) is 0 Å². The number of carbonyl (C=O) groups is 2. The van der Waals surface area contributed by atoms with E-state index in [2.05, 4.69) is 32.7 Å². The van der Waals surface area contributed by atoms with Gasteiger partial charge in [0.1, 0.15) is 5.69 Å². The van der Waals surface area contributed by atoms with Gasteiger partial charge in [0.05, 0.1) is 18.0 Å². The fraction of sp³-hybridized carbons (Fsp3) is 0.200. The monoisotopic (exact) mass is 445 g/mol. The van der Waals surface area contributed by atoms with Crippen LogP contribution in [0.5, 0.6) is 0 Å². The van der Waals surface area contributed by atoms with E-state index in [0.717, 1.165) is 22.5 Å². The molecule has 32 heavy (non-hydrogen) atoms. The van der Waals surface area contributed by atoms with Gasteiger partial charge in [-0.25, -0.2) is 9.78 Å². The zero-order valence-corrected chi connectivity index (χ0v) is 18.7. The predicted molar refractivity (Wildman–Crippen MR) is 127 cm³/mol. The highest BCUT2D eigenvalue weighted by Gasteiger charge is 2.14. The number of ether oxygens (including phenoxy) is 1. The van der Waals surface area contributed by atoms with Crippen LogP contribution in [0.4, 0.5) is 5.69 Å². The Morgan fingerprint density at radius 3 is 2.47 bits per heavy atom. The third-order valence-electron chi connectivity index (χ3n) is 5.09. The highest BCUT2D eigenvalue weighted by Crippen LogP contribution is 2.23. The minimum atomic E-state index is -0.467. The summed E-state index contributed by atoms with van der Waals surface area (Å²) in [5, 5.41) is 5.28. The largest absolute Gasteiger partial charge is 0.464 e. The summed E-state index contributed by atoms with van der Waals surface area (Å²) in [5.74, 6) is -0.635. The van der Waals surface area contributed by atoms with Gasteiger partial charge in [-0.05, 0) is 66.2 Å². The number of methoxy groups -OCH3 is 1. The van der Waals surface area contributed by atoms with E-state index in [0.29, 0.717) is 18.5 Å². The second-order valence-electron chi connectivity index (χ2n) is 7.16. The van der Waals surface area contributed by atoms with Crippen LogP contribution in [0.15, 0.2) is 71.7 Å². The van der Waals surface area contributed by atoms with Crippen molar-refractivity contribution in [2.75, 3.05) is 13.7 Å². The molecule has 0 radical (unpaired) electrons. The highest BCUT2D eigenvalue weighted by molar-refractivity contribution is 7.78. The molecule has 1 amide bonds. The van der Waals surface area contributed by atoms with Crippen molar-refractivity contribution in [3.63, 3.8) is 0 Å². The molecule has 1 aromatic heterocycles. The lowest BCUT2D eigenvalue weighted by atomic mass is 9.96. The van der Waals surface area contributed by atoms with Gasteiger partial charge in [0, 0.05) is 23.7 Å². The molecule has 0 aliphatic carbocycles. The van der Waals surface area contributed by atoms with E-state index in [1.165, 1.54) is 7.11 Å². The molecular weight excluding hydrogens is 422 g/mol. The van der Waals surface area contributed by atoms with Crippen molar-refractivity contribution in [3.05, 3.63) is 94.8 Å². The molecule has 0 aliphatic rings. The van der Waals surface area contributed by atoms with Crippen LogP contribution in [0.3, 0.4) is 0 Å². The number of hydrogen-bond acceptors (Lipinski definition) is 6. The van der Waals surface area contributed by atoms with Gasteiger partial charge < -0.3 is 10.1 Å². The molecule has 1 atom stereocenters. The SMILES string of the molecule is COC(=O)c1cccc(C(C)c2ccc(C(=O)NCCc3ccc(N=C=S)cc3)cc2)n1. The van der Waals surface area contributed by atoms with Crippen molar-refractivity contribution < 1.29 is 14.3 Å². The summed E-state index contributed by atoms with van der Waals surface area (Å²) in [6.07, 6.45) is 0.713. The highest BCUT2D eigenvalue weighted by atomic mass is 32.1. The topological polar surface area (TPSA) is 80.7 Å².